The number of amides is 1. The number of hydrogen-bond donors (Lipinski definition) is 0. The van der Waals surface area contributed by atoms with Crippen molar-refractivity contribution in [3.05, 3.63) is 0 Å². The Morgan fingerprint density at radius 1 is 1.33 bits per heavy atom. The molecule has 0 aromatic rings. The summed E-state index contributed by atoms with van der Waals surface area (Å²) in [6.45, 7) is 4.40. The quantitative estimate of drug-likeness (QED) is 0.581. The van der Waals surface area contributed by atoms with E-state index < -0.39 is 14.8 Å². The van der Waals surface area contributed by atoms with Gasteiger partial charge in [0.15, 0.2) is 0 Å². The first-order valence-electron chi connectivity index (χ1n) is 6.54. The van der Waals surface area contributed by atoms with Crippen LogP contribution in [0.2, 0.25) is 0 Å². The molecular formula is C12H20ClNO3S. The van der Waals surface area contributed by atoms with Crippen molar-refractivity contribution >= 4 is 25.8 Å². The fraction of sp³-hybridized carbons (Fsp3) is 0.917. The molecule has 1 saturated heterocycles. The molecule has 0 bridgehead atoms. The van der Waals surface area contributed by atoms with Crippen LogP contribution in [-0.2, 0) is 14.0 Å². The summed E-state index contributed by atoms with van der Waals surface area (Å²) in [6.07, 6.45) is 4.92. The highest BCUT2D eigenvalue weighted by Gasteiger charge is 2.56. The maximum Gasteiger partial charge on any atom is 0.324 e. The summed E-state index contributed by atoms with van der Waals surface area (Å²) in [4.78, 5) is 11.5. The monoisotopic (exact) mass is 293 g/mol. The van der Waals surface area contributed by atoms with Crippen LogP contribution in [0.3, 0.4) is 0 Å². The van der Waals surface area contributed by atoms with Gasteiger partial charge in [0, 0.05) is 10.7 Å². The molecule has 0 N–H and O–H groups in total. The molecule has 18 heavy (non-hydrogen) atoms. The van der Waals surface area contributed by atoms with Crippen molar-refractivity contribution in [3.8, 4) is 0 Å². The first-order valence-corrected chi connectivity index (χ1v) is 8.81. The molecule has 104 valence electrons. The van der Waals surface area contributed by atoms with Crippen molar-refractivity contribution in [2.24, 2.45) is 11.8 Å². The highest BCUT2D eigenvalue weighted by atomic mass is 35.7. The molecule has 1 heterocycles. The van der Waals surface area contributed by atoms with Crippen LogP contribution in [0.5, 0.6) is 0 Å². The zero-order valence-electron chi connectivity index (χ0n) is 10.9. The molecule has 1 aliphatic heterocycles. The van der Waals surface area contributed by atoms with E-state index in [4.69, 9.17) is 10.7 Å². The summed E-state index contributed by atoms with van der Waals surface area (Å²) in [6, 6.07) is 0. The van der Waals surface area contributed by atoms with Crippen molar-refractivity contribution in [1.82, 2.24) is 4.31 Å². The van der Waals surface area contributed by atoms with E-state index in [1.165, 1.54) is 0 Å². The zero-order chi connectivity index (χ0) is 13.6. The lowest BCUT2D eigenvalue weighted by atomic mass is 9.79. The van der Waals surface area contributed by atoms with E-state index in [2.05, 4.69) is 13.8 Å². The second-order valence-corrected chi connectivity index (χ2v) is 8.30. The van der Waals surface area contributed by atoms with Crippen LogP contribution in [0.4, 0.5) is 0 Å². The Bertz CT molecular complexity index is 448. The summed E-state index contributed by atoms with van der Waals surface area (Å²) in [5, 5.41) is 0. The van der Waals surface area contributed by atoms with Crippen molar-refractivity contribution in [3.63, 3.8) is 0 Å². The third-order valence-corrected chi connectivity index (χ3v) is 5.94. The molecule has 1 aliphatic carbocycles. The molecule has 0 aromatic heterocycles. The topological polar surface area (TPSA) is 54.5 Å². The second kappa shape index (κ2) is 4.67. The number of hydrogen-bond acceptors (Lipinski definition) is 3. The average molecular weight is 294 g/mol. The summed E-state index contributed by atoms with van der Waals surface area (Å²) in [5.41, 5.74) is -0.513. The Labute approximate surface area is 113 Å². The van der Waals surface area contributed by atoms with Gasteiger partial charge in [-0.15, -0.1) is 0 Å². The van der Waals surface area contributed by atoms with Gasteiger partial charge in [0.05, 0.1) is 12.0 Å². The Balaban J connectivity index is 2.16. The van der Waals surface area contributed by atoms with Gasteiger partial charge in [-0.2, -0.15) is 8.42 Å². The van der Waals surface area contributed by atoms with E-state index in [1.54, 1.807) is 0 Å². The van der Waals surface area contributed by atoms with E-state index in [1.807, 2.05) is 0 Å². The number of carbonyl (C=O) groups excluding carboxylic acids is 1. The maximum atomic E-state index is 11.5. The zero-order valence-corrected chi connectivity index (χ0v) is 12.4. The molecule has 6 heteroatoms. The van der Waals surface area contributed by atoms with Crippen LogP contribution in [-0.4, -0.2) is 24.2 Å². The van der Waals surface area contributed by atoms with E-state index in [-0.39, 0.29) is 5.91 Å². The smallest absolute Gasteiger partial charge is 0.274 e. The summed E-state index contributed by atoms with van der Waals surface area (Å²) in [7, 11) is 1.46. The lowest BCUT2D eigenvalue weighted by molar-refractivity contribution is -0.146. The normalized spacial score (nSPS) is 33.7. The minimum Gasteiger partial charge on any atom is -0.274 e. The molecule has 0 radical (unpaired) electrons. The van der Waals surface area contributed by atoms with Crippen molar-refractivity contribution in [2.45, 2.75) is 57.9 Å². The number of rotatable bonds is 2. The van der Waals surface area contributed by atoms with Gasteiger partial charge in [-0.3, -0.25) is 4.79 Å². The molecule has 2 fully saturated rings. The Morgan fingerprint density at radius 3 is 2.50 bits per heavy atom. The van der Waals surface area contributed by atoms with Gasteiger partial charge in [-0.25, -0.2) is 4.31 Å². The molecule has 2 atom stereocenters. The third kappa shape index (κ3) is 2.39. The van der Waals surface area contributed by atoms with Crippen LogP contribution in [0.25, 0.3) is 0 Å². The Hall–Kier alpha value is -0.290. The van der Waals surface area contributed by atoms with Gasteiger partial charge < -0.3 is 0 Å². The fourth-order valence-corrected chi connectivity index (χ4v) is 5.10. The fourth-order valence-electron chi connectivity index (χ4n) is 3.41. The lowest BCUT2D eigenvalue weighted by Crippen LogP contribution is -2.64. The number of β-lactam (4-membered cyclic amide) rings is 1. The molecule has 2 unspecified atom stereocenters. The molecule has 4 nitrogen and oxygen atoms in total. The molecular weight excluding hydrogens is 274 g/mol. The molecule has 1 spiro atoms. The van der Waals surface area contributed by atoms with Crippen molar-refractivity contribution in [2.75, 3.05) is 0 Å². The van der Waals surface area contributed by atoms with Crippen LogP contribution in [0, 0.1) is 11.8 Å². The van der Waals surface area contributed by atoms with Gasteiger partial charge >= 0.3 is 9.24 Å². The van der Waals surface area contributed by atoms with Crippen LogP contribution < -0.4 is 0 Å². The van der Waals surface area contributed by atoms with E-state index in [0.717, 1.165) is 36.4 Å². The van der Waals surface area contributed by atoms with E-state index >= 15 is 0 Å². The van der Waals surface area contributed by atoms with Crippen molar-refractivity contribution in [1.29, 1.82) is 0 Å². The highest BCUT2D eigenvalue weighted by Crippen LogP contribution is 2.47. The van der Waals surface area contributed by atoms with Gasteiger partial charge in [0.1, 0.15) is 0 Å². The van der Waals surface area contributed by atoms with Gasteiger partial charge in [-0.05, 0) is 31.1 Å². The maximum absolute atomic E-state index is 11.5. The third-order valence-electron chi connectivity index (χ3n) is 4.50. The molecule has 2 rings (SSSR count). The van der Waals surface area contributed by atoms with E-state index in [0.29, 0.717) is 18.3 Å². The van der Waals surface area contributed by atoms with Gasteiger partial charge in [-0.1, -0.05) is 26.7 Å². The molecule has 2 aliphatic rings. The predicted molar refractivity (Wildman–Crippen MR) is 70.4 cm³/mol. The van der Waals surface area contributed by atoms with Gasteiger partial charge in [0.25, 0.3) is 0 Å². The molecule has 1 saturated carbocycles. The summed E-state index contributed by atoms with van der Waals surface area (Å²) in [5.74, 6) is 0.880. The van der Waals surface area contributed by atoms with Crippen LogP contribution in [0.15, 0.2) is 0 Å². The minimum atomic E-state index is -3.92. The molecule has 1 amide bonds. The van der Waals surface area contributed by atoms with Crippen molar-refractivity contribution < 1.29 is 13.2 Å². The minimum absolute atomic E-state index is 0.337. The number of halogens is 1. The summed E-state index contributed by atoms with van der Waals surface area (Å²) >= 11 is 0. The van der Waals surface area contributed by atoms with E-state index in [9.17, 15) is 13.2 Å². The SMILES string of the molecule is CC(C)C1CCCC2(CC1)CC(=O)N2S(=O)(=O)Cl. The molecule has 0 aromatic carbocycles. The van der Waals surface area contributed by atoms with Gasteiger partial charge in [0.2, 0.25) is 5.91 Å². The predicted octanol–water partition coefficient (Wildman–Crippen LogP) is 2.68. The number of nitrogens with zero attached hydrogens (tertiary/aromatic N) is 1. The Morgan fingerprint density at radius 2 is 2.00 bits per heavy atom. The highest BCUT2D eigenvalue weighted by molar-refractivity contribution is 8.12. The average Bonchev–Trinajstić information content (AvgIpc) is 2.38. The Kier molecular flexibility index (Phi) is 3.67. The number of carbonyl (C=O) groups is 1. The van der Waals surface area contributed by atoms with Crippen LogP contribution in [0.1, 0.15) is 52.4 Å². The lowest BCUT2D eigenvalue weighted by Gasteiger charge is -2.49. The standard InChI is InChI=1S/C12H20ClNO3S/c1-9(2)10-4-3-6-12(7-5-10)8-11(15)14(12)18(13,16)17/h9-10H,3-8H2,1-2H3. The first kappa shape index (κ1) is 14.1. The largest absolute Gasteiger partial charge is 0.324 e. The summed E-state index contributed by atoms with van der Waals surface area (Å²) < 4.78 is 23.9. The van der Waals surface area contributed by atoms with Crippen LogP contribution >= 0.6 is 10.7 Å². The first-order chi connectivity index (χ1) is 8.26. The second-order valence-electron chi connectivity index (χ2n) is 5.94.